The Bertz CT molecular complexity index is 378. The van der Waals surface area contributed by atoms with Gasteiger partial charge < -0.3 is 4.74 Å². The number of halogens is 1. The van der Waals surface area contributed by atoms with Crippen LogP contribution in [0.2, 0.25) is 0 Å². The number of benzene rings is 1. The molecule has 1 fully saturated rings. The van der Waals surface area contributed by atoms with E-state index in [0.717, 1.165) is 17.3 Å². The first-order valence-corrected chi connectivity index (χ1v) is 6.46. The van der Waals surface area contributed by atoms with Crippen molar-refractivity contribution in [2.24, 2.45) is 0 Å². The summed E-state index contributed by atoms with van der Waals surface area (Å²) < 4.78 is 7.01. The first-order chi connectivity index (χ1) is 7.55. The molecule has 2 heteroatoms. The minimum Gasteiger partial charge on any atom is -0.368 e. The molecule has 0 aliphatic carbocycles. The van der Waals surface area contributed by atoms with Crippen LogP contribution in [0.15, 0.2) is 34.8 Å². The summed E-state index contributed by atoms with van der Waals surface area (Å²) in [4.78, 5) is 0. The lowest BCUT2D eigenvalue weighted by Crippen LogP contribution is -2.18. The van der Waals surface area contributed by atoms with Crippen molar-refractivity contribution in [1.29, 1.82) is 0 Å². The van der Waals surface area contributed by atoms with E-state index in [-0.39, 0.29) is 11.7 Å². The van der Waals surface area contributed by atoms with Crippen LogP contribution < -0.4 is 0 Å². The molecule has 0 aromatic heterocycles. The minimum atomic E-state index is 0.0503. The van der Waals surface area contributed by atoms with E-state index in [0.29, 0.717) is 0 Å². The van der Waals surface area contributed by atoms with Crippen LogP contribution in [-0.2, 0) is 4.74 Å². The van der Waals surface area contributed by atoms with E-state index in [2.05, 4.69) is 66.2 Å². The third-order valence-corrected chi connectivity index (χ3v) is 3.40. The summed E-state index contributed by atoms with van der Waals surface area (Å²) in [7, 11) is 0. The van der Waals surface area contributed by atoms with Crippen molar-refractivity contribution in [3.8, 4) is 0 Å². The first kappa shape index (κ1) is 11.9. The van der Waals surface area contributed by atoms with Gasteiger partial charge in [-0.3, -0.25) is 0 Å². The number of hydrogen-bond acceptors (Lipinski definition) is 1. The highest BCUT2D eigenvalue weighted by atomic mass is 79.9. The van der Waals surface area contributed by atoms with E-state index in [1.54, 1.807) is 0 Å². The summed E-state index contributed by atoms with van der Waals surface area (Å²) in [5.74, 6) is 0. The largest absolute Gasteiger partial charge is 0.368 e. The monoisotopic (exact) mass is 280 g/mol. The van der Waals surface area contributed by atoms with Crippen molar-refractivity contribution in [3.05, 3.63) is 40.4 Å². The Hall–Kier alpha value is -0.600. The van der Waals surface area contributed by atoms with E-state index in [1.165, 1.54) is 5.56 Å². The number of ether oxygens (including phenoxy) is 1. The molecule has 1 nitrogen and oxygen atoms in total. The summed E-state index contributed by atoms with van der Waals surface area (Å²) in [5, 5.41) is 0. The van der Waals surface area contributed by atoms with Gasteiger partial charge in [0.1, 0.15) is 0 Å². The lowest BCUT2D eigenvalue weighted by molar-refractivity contribution is 0.00552. The average Bonchev–Trinajstić information content (AvgIpc) is 2.58. The van der Waals surface area contributed by atoms with Crippen molar-refractivity contribution >= 4 is 22.0 Å². The predicted molar refractivity (Wildman–Crippen MR) is 71.4 cm³/mol. The molecule has 1 aliphatic heterocycles. The van der Waals surface area contributed by atoms with E-state index < -0.39 is 0 Å². The van der Waals surface area contributed by atoms with E-state index in [9.17, 15) is 0 Å². The van der Waals surface area contributed by atoms with E-state index >= 15 is 0 Å². The summed E-state index contributed by atoms with van der Waals surface area (Å²) >= 11 is 3.43. The van der Waals surface area contributed by atoms with Gasteiger partial charge in [0, 0.05) is 4.47 Å². The molecule has 0 unspecified atom stereocenters. The molecule has 1 aliphatic rings. The summed E-state index contributed by atoms with van der Waals surface area (Å²) in [6.07, 6.45) is 6.84. The zero-order valence-corrected chi connectivity index (χ0v) is 11.3. The molecule has 16 heavy (non-hydrogen) atoms. The molecular formula is C14H17BrO. The van der Waals surface area contributed by atoms with Crippen molar-refractivity contribution in [1.82, 2.24) is 0 Å². The van der Waals surface area contributed by atoms with Gasteiger partial charge in [-0.25, -0.2) is 0 Å². The SMILES string of the molecule is CC1(C)CC[C@H](/C=C/c2ccc(Br)cc2)O1. The number of rotatable bonds is 2. The molecule has 0 saturated carbocycles. The smallest absolute Gasteiger partial charge is 0.0767 e. The van der Waals surface area contributed by atoms with Crippen LogP contribution in [0, 0.1) is 0 Å². The second-order valence-electron chi connectivity index (χ2n) is 4.87. The third-order valence-electron chi connectivity index (χ3n) is 2.87. The molecule has 0 bridgehead atoms. The highest BCUT2D eigenvalue weighted by Crippen LogP contribution is 2.30. The second-order valence-corrected chi connectivity index (χ2v) is 5.78. The Morgan fingerprint density at radius 1 is 1.31 bits per heavy atom. The van der Waals surface area contributed by atoms with Crippen LogP contribution in [0.5, 0.6) is 0 Å². The second kappa shape index (κ2) is 4.72. The maximum atomic E-state index is 5.90. The summed E-state index contributed by atoms with van der Waals surface area (Å²) in [6.45, 7) is 4.31. The Morgan fingerprint density at radius 2 is 2.00 bits per heavy atom. The Kier molecular flexibility index (Phi) is 3.50. The lowest BCUT2D eigenvalue weighted by atomic mass is 10.1. The molecule has 1 aromatic rings. The van der Waals surface area contributed by atoms with Crippen LogP contribution in [0.1, 0.15) is 32.3 Å². The first-order valence-electron chi connectivity index (χ1n) is 5.67. The van der Waals surface area contributed by atoms with Gasteiger partial charge in [0.15, 0.2) is 0 Å². The van der Waals surface area contributed by atoms with Gasteiger partial charge in [0.05, 0.1) is 11.7 Å². The highest BCUT2D eigenvalue weighted by molar-refractivity contribution is 9.10. The zero-order valence-electron chi connectivity index (χ0n) is 9.74. The molecule has 1 atom stereocenters. The standard InChI is InChI=1S/C14H17BrO/c1-14(2)10-9-13(16-14)8-5-11-3-6-12(15)7-4-11/h3-8,13H,9-10H2,1-2H3/b8-5+/t13-/m0/s1. The van der Waals surface area contributed by atoms with E-state index in [1.807, 2.05) is 0 Å². The van der Waals surface area contributed by atoms with Crippen LogP contribution in [0.4, 0.5) is 0 Å². The molecule has 0 amide bonds. The van der Waals surface area contributed by atoms with Gasteiger partial charge in [-0.15, -0.1) is 0 Å². The third kappa shape index (κ3) is 3.19. The molecule has 0 radical (unpaired) electrons. The molecule has 0 spiro atoms. The average molecular weight is 281 g/mol. The topological polar surface area (TPSA) is 9.23 Å². The Morgan fingerprint density at radius 3 is 2.56 bits per heavy atom. The quantitative estimate of drug-likeness (QED) is 0.779. The molecule has 1 heterocycles. The molecule has 86 valence electrons. The number of hydrogen-bond donors (Lipinski definition) is 0. The van der Waals surface area contributed by atoms with Crippen LogP contribution in [-0.4, -0.2) is 11.7 Å². The van der Waals surface area contributed by atoms with Crippen molar-refractivity contribution < 1.29 is 4.74 Å². The van der Waals surface area contributed by atoms with Gasteiger partial charge in [-0.2, -0.15) is 0 Å². The molecule has 0 N–H and O–H groups in total. The molecule has 2 rings (SSSR count). The van der Waals surface area contributed by atoms with Gasteiger partial charge >= 0.3 is 0 Å². The molecule has 1 aromatic carbocycles. The van der Waals surface area contributed by atoms with Gasteiger partial charge in [0.2, 0.25) is 0 Å². The summed E-state index contributed by atoms with van der Waals surface area (Å²) in [5.41, 5.74) is 1.27. The van der Waals surface area contributed by atoms with Gasteiger partial charge in [-0.1, -0.05) is 40.2 Å². The summed E-state index contributed by atoms with van der Waals surface area (Å²) in [6, 6.07) is 8.31. The van der Waals surface area contributed by atoms with Gasteiger partial charge in [0.25, 0.3) is 0 Å². The van der Waals surface area contributed by atoms with Crippen LogP contribution in [0.25, 0.3) is 6.08 Å². The maximum absolute atomic E-state index is 5.90. The van der Waals surface area contributed by atoms with Crippen LogP contribution >= 0.6 is 15.9 Å². The highest BCUT2D eigenvalue weighted by Gasteiger charge is 2.29. The molecular weight excluding hydrogens is 264 g/mol. The van der Waals surface area contributed by atoms with Crippen LogP contribution in [0.3, 0.4) is 0 Å². The van der Waals surface area contributed by atoms with Crippen molar-refractivity contribution in [3.63, 3.8) is 0 Å². The predicted octanol–water partition coefficient (Wildman–Crippen LogP) is 4.42. The minimum absolute atomic E-state index is 0.0503. The maximum Gasteiger partial charge on any atom is 0.0767 e. The molecule has 1 saturated heterocycles. The fourth-order valence-corrected chi connectivity index (χ4v) is 2.21. The zero-order chi connectivity index (χ0) is 11.6. The van der Waals surface area contributed by atoms with Gasteiger partial charge in [-0.05, 0) is 44.4 Å². The Balaban J connectivity index is 1.97. The van der Waals surface area contributed by atoms with E-state index in [4.69, 9.17) is 4.74 Å². The lowest BCUT2D eigenvalue weighted by Gasteiger charge is -2.17. The fraction of sp³-hybridized carbons (Fsp3) is 0.429. The normalized spacial score (nSPS) is 24.1. The van der Waals surface area contributed by atoms with Crippen molar-refractivity contribution in [2.75, 3.05) is 0 Å². The van der Waals surface area contributed by atoms with Crippen molar-refractivity contribution in [2.45, 2.75) is 38.4 Å². The Labute approximate surface area is 106 Å². The fourth-order valence-electron chi connectivity index (χ4n) is 1.95.